The molecular formula is C19H15NOSn. The third-order valence-electron chi connectivity index (χ3n) is 3.83. The van der Waals surface area contributed by atoms with Crippen molar-refractivity contribution in [2.45, 2.75) is 0 Å². The van der Waals surface area contributed by atoms with E-state index in [1.807, 2.05) is 54.6 Å². The van der Waals surface area contributed by atoms with E-state index in [4.69, 9.17) is 0 Å². The standard InChI is InChI=1S/3C6H5.CNO.Sn/c3*1-2-4-6-5-3-1;1-2-3;/h3*1-5H;;. The topological polar surface area (TPSA) is 27.4 Å². The van der Waals surface area contributed by atoms with Crippen molar-refractivity contribution in [1.82, 2.24) is 0 Å². The molecule has 2 nitrogen and oxygen atoms in total. The zero-order valence-corrected chi connectivity index (χ0v) is 14.9. The zero-order chi connectivity index (χ0) is 15.3. The van der Waals surface area contributed by atoms with Crippen LogP contribution in [0.4, 0.5) is 0 Å². The van der Waals surface area contributed by atoms with Crippen molar-refractivity contribution in [2.75, 3.05) is 0 Å². The van der Waals surface area contributed by atoms with Gasteiger partial charge in [0.05, 0.1) is 0 Å². The molecule has 0 amide bonds. The molecule has 0 unspecified atom stereocenters. The Morgan fingerprint density at radius 2 is 0.909 bits per heavy atom. The Morgan fingerprint density at radius 3 is 1.18 bits per heavy atom. The summed E-state index contributed by atoms with van der Waals surface area (Å²) in [4.78, 5) is 0. The molecule has 0 aliphatic carbocycles. The summed E-state index contributed by atoms with van der Waals surface area (Å²) in [6.07, 6.45) is 0. The van der Waals surface area contributed by atoms with Gasteiger partial charge >= 0.3 is 134 Å². The molecule has 3 aromatic rings. The average molecular weight is 392 g/mol. The average Bonchev–Trinajstić information content (AvgIpc) is 2.62. The summed E-state index contributed by atoms with van der Waals surface area (Å²) < 4.78 is 6.55. The minimum absolute atomic E-state index is 1.17. The second-order valence-electron chi connectivity index (χ2n) is 5.05. The van der Waals surface area contributed by atoms with Gasteiger partial charge in [0.2, 0.25) is 0 Å². The van der Waals surface area contributed by atoms with E-state index in [1.54, 1.807) is 0 Å². The van der Waals surface area contributed by atoms with Gasteiger partial charge in [-0.3, -0.25) is 0 Å². The van der Waals surface area contributed by atoms with Gasteiger partial charge in [-0.25, -0.2) is 0 Å². The van der Waals surface area contributed by atoms with Crippen LogP contribution in [0.15, 0.2) is 91.0 Å². The Morgan fingerprint density at radius 1 is 0.591 bits per heavy atom. The van der Waals surface area contributed by atoms with Gasteiger partial charge in [-0.05, 0) is 0 Å². The summed E-state index contributed by atoms with van der Waals surface area (Å²) in [7, 11) is 0. The quantitative estimate of drug-likeness (QED) is 0.498. The van der Waals surface area contributed by atoms with Crippen LogP contribution in [0.5, 0.6) is 0 Å². The normalized spacial score (nSPS) is 10.5. The molecule has 0 aromatic heterocycles. The van der Waals surface area contributed by atoms with Gasteiger partial charge in [-0.1, -0.05) is 0 Å². The van der Waals surface area contributed by atoms with Crippen molar-refractivity contribution in [3.8, 4) is 4.09 Å². The molecule has 0 heterocycles. The third-order valence-corrected chi connectivity index (χ3v) is 15.3. The molecule has 0 N–H and O–H groups in total. The van der Waals surface area contributed by atoms with E-state index >= 15 is 0 Å². The number of hydrogen-bond acceptors (Lipinski definition) is 1. The van der Waals surface area contributed by atoms with Gasteiger partial charge in [0.15, 0.2) is 0 Å². The molecule has 0 saturated carbocycles. The molecule has 22 heavy (non-hydrogen) atoms. The van der Waals surface area contributed by atoms with Crippen LogP contribution in [-0.2, 0) is 0 Å². The SMILES string of the molecule is [O-][N+]#[C][Sn]([c]1ccccc1)([c]1ccccc1)[c]1ccccc1. The van der Waals surface area contributed by atoms with E-state index in [9.17, 15) is 5.21 Å². The summed E-state index contributed by atoms with van der Waals surface area (Å²) in [5.74, 6) is 0. The predicted molar refractivity (Wildman–Crippen MR) is 94.6 cm³/mol. The van der Waals surface area contributed by atoms with Crippen LogP contribution in [0.3, 0.4) is 0 Å². The van der Waals surface area contributed by atoms with E-state index < -0.39 is 18.4 Å². The van der Waals surface area contributed by atoms with Crippen molar-refractivity contribution < 1.29 is 0 Å². The molecule has 0 aliphatic heterocycles. The monoisotopic (exact) mass is 393 g/mol. The van der Waals surface area contributed by atoms with Crippen molar-refractivity contribution in [3.63, 3.8) is 0 Å². The molecule has 3 heteroatoms. The first kappa shape index (κ1) is 14.7. The fraction of sp³-hybridized carbons (Fsp3) is 0. The fourth-order valence-corrected chi connectivity index (χ4v) is 13.1. The van der Waals surface area contributed by atoms with Crippen molar-refractivity contribution in [3.05, 3.63) is 101 Å². The van der Waals surface area contributed by atoms with Crippen molar-refractivity contribution in [1.29, 1.82) is 0 Å². The van der Waals surface area contributed by atoms with Gasteiger partial charge in [-0.2, -0.15) is 0 Å². The van der Waals surface area contributed by atoms with Gasteiger partial charge in [0.1, 0.15) is 0 Å². The van der Waals surface area contributed by atoms with Crippen LogP contribution < -0.4 is 10.7 Å². The third kappa shape index (κ3) is 2.60. The Labute approximate surface area is 134 Å². The molecule has 0 saturated heterocycles. The molecule has 0 bridgehead atoms. The van der Waals surface area contributed by atoms with E-state index in [-0.39, 0.29) is 0 Å². The Bertz CT molecular complexity index is 696. The second-order valence-corrected chi connectivity index (χ2v) is 14.9. The van der Waals surface area contributed by atoms with Crippen LogP contribution >= 0.6 is 0 Å². The summed E-state index contributed by atoms with van der Waals surface area (Å²) in [6.45, 7) is 0. The maximum absolute atomic E-state index is 11.2. The number of rotatable bonds is 3. The molecule has 0 spiro atoms. The number of benzene rings is 3. The maximum atomic E-state index is 11.2. The predicted octanol–water partition coefficient (Wildman–Crippen LogP) is 2.53. The first-order chi connectivity index (χ1) is 10.9. The minimum atomic E-state index is -3.60. The van der Waals surface area contributed by atoms with Crippen LogP contribution in [0, 0.1) is 9.29 Å². The van der Waals surface area contributed by atoms with E-state index in [0.717, 1.165) is 0 Å². The molecule has 106 valence electrons. The van der Waals surface area contributed by atoms with E-state index in [0.29, 0.717) is 0 Å². The van der Waals surface area contributed by atoms with Gasteiger partial charge in [0, 0.05) is 0 Å². The zero-order valence-electron chi connectivity index (χ0n) is 12.0. The molecule has 3 aromatic carbocycles. The molecule has 0 radical (unpaired) electrons. The summed E-state index contributed by atoms with van der Waals surface area (Å²) in [5, 5.41) is 14.4. The summed E-state index contributed by atoms with van der Waals surface area (Å²) >= 11 is -3.60. The Kier molecular flexibility index (Phi) is 4.45. The summed E-state index contributed by atoms with van der Waals surface area (Å²) in [6, 6.07) is 30.6. The van der Waals surface area contributed by atoms with Crippen LogP contribution in [-0.4, -0.2) is 18.4 Å². The van der Waals surface area contributed by atoms with Crippen LogP contribution in [0.2, 0.25) is 0 Å². The first-order valence-electron chi connectivity index (χ1n) is 7.14. The first-order valence-corrected chi connectivity index (χ1v) is 12.8. The second kappa shape index (κ2) is 6.67. The van der Waals surface area contributed by atoms with E-state index in [2.05, 4.69) is 45.5 Å². The number of nitrogens with zero attached hydrogens (tertiary/aromatic N) is 1. The van der Waals surface area contributed by atoms with Crippen LogP contribution in [0.1, 0.15) is 0 Å². The van der Waals surface area contributed by atoms with E-state index in [1.165, 1.54) is 10.7 Å². The molecule has 0 atom stereocenters. The Hall–Kier alpha value is -2.25. The van der Waals surface area contributed by atoms with Crippen molar-refractivity contribution >= 4 is 29.1 Å². The number of hydrogen-bond donors (Lipinski definition) is 0. The summed E-state index contributed by atoms with van der Waals surface area (Å²) in [5.41, 5.74) is 0. The van der Waals surface area contributed by atoms with Gasteiger partial charge < -0.3 is 0 Å². The molecule has 3 rings (SSSR count). The van der Waals surface area contributed by atoms with Crippen LogP contribution in [0.25, 0.3) is 5.01 Å². The van der Waals surface area contributed by atoms with Gasteiger partial charge in [0.25, 0.3) is 0 Å². The van der Waals surface area contributed by atoms with Gasteiger partial charge in [-0.15, -0.1) is 0 Å². The Balaban J connectivity index is 2.36. The molecule has 0 fully saturated rings. The molecular weight excluding hydrogens is 377 g/mol. The fourth-order valence-electron chi connectivity index (χ4n) is 2.83. The molecule has 0 aliphatic rings. The van der Waals surface area contributed by atoms with Crippen molar-refractivity contribution in [2.24, 2.45) is 0 Å².